The monoisotopic (exact) mass is 223 g/mol. The van der Waals surface area contributed by atoms with Crippen LogP contribution in [0.4, 0.5) is 0 Å². The van der Waals surface area contributed by atoms with Crippen LogP contribution >= 0.6 is 0 Å². The second-order valence-corrected chi connectivity index (χ2v) is 4.50. The van der Waals surface area contributed by atoms with Crippen LogP contribution in [0.1, 0.15) is 38.1 Å². The second kappa shape index (κ2) is 5.46. The van der Waals surface area contributed by atoms with Crippen molar-refractivity contribution in [2.45, 2.75) is 38.3 Å². The molecule has 4 heteroatoms. The Morgan fingerprint density at radius 1 is 1.69 bits per heavy atom. The zero-order valence-electron chi connectivity index (χ0n) is 10.1. The van der Waals surface area contributed by atoms with Crippen LogP contribution in [0.5, 0.6) is 0 Å². The molecule has 1 N–H and O–H groups in total. The Morgan fingerprint density at radius 3 is 3.19 bits per heavy atom. The second-order valence-electron chi connectivity index (χ2n) is 4.50. The predicted octanol–water partition coefficient (Wildman–Crippen LogP) is 1.64. The highest BCUT2D eigenvalue weighted by Gasteiger charge is 2.16. The molecular formula is C12H21N3O. The average Bonchev–Trinajstić information content (AvgIpc) is 2.88. The van der Waals surface area contributed by atoms with Crippen molar-refractivity contribution in [2.24, 2.45) is 7.05 Å². The van der Waals surface area contributed by atoms with Gasteiger partial charge in [0.1, 0.15) is 5.82 Å². The highest BCUT2D eigenvalue weighted by atomic mass is 16.5. The molecular weight excluding hydrogens is 202 g/mol. The van der Waals surface area contributed by atoms with Crippen molar-refractivity contribution in [3.05, 3.63) is 18.2 Å². The molecule has 0 aromatic carbocycles. The molecule has 1 aromatic heterocycles. The van der Waals surface area contributed by atoms with Gasteiger partial charge in [0.05, 0.1) is 12.1 Å². The summed E-state index contributed by atoms with van der Waals surface area (Å²) in [5.41, 5.74) is 0. The van der Waals surface area contributed by atoms with Gasteiger partial charge in [0.15, 0.2) is 0 Å². The molecule has 1 aromatic rings. The van der Waals surface area contributed by atoms with Gasteiger partial charge in [-0.3, -0.25) is 0 Å². The van der Waals surface area contributed by atoms with Crippen LogP contribution in [0, 0.1) is 0 Å². The first-order chi connectivity index (χ1) is 7.77. The number of aryl methyl sites for hydroxylation is 1. The van der Waals surface area contributed by atoms with Gasteiger partial charge in [-0.25, -0.2) is 4.98 Å². The molecule has 16 heavy (non-hydrogen) atoms. The highest BCUT2D eigenvalue weighted by Crippen LogP contribution is 2.15. The first-order valence-corrected chi connectivity index (χ1v) is 6.09. The van der Waals surface area contributed by atoms with Crippen molar-refractivity contribution < 1.29 is 4.74 Å². The van der Waals surface area contributed by atoms with Crippen LogP contribution in [-0.4, -0.2) is 28.8 Å². The van der Waals surface area contributed by atoms with Crippen molar-refractivity contribution in [1.82, 2.24) is 14.9 Å². The van der Waals surface area contributed by atoms with Crippen molar-refractivity contribution in [3.8, 4) is 0 Å². The molecule has 4 nitrogen and oxygen atoms in total. The Labute approximate surface area is 97.0 Å². The van der Waals surface area contributed by atoms with E-state index in [0.717, 1.165) is 25.4 Å². The van der Waals surface area contributed by atoms with E-state index in [9.17, 15) is 0 Å². The predicted molar refractivity (Wildman–Crippen MR) is 63.2 cm³/mol. The van der Waals surface area contributed by atoms with E-state index in [0.29, 0.717) is 12.1 Å². The number of ether oxygens (including phenoxy) is 1. The SMILES string of the molecule is CC(NCCC1CCCO1)c1nccn1C. The number of aromatic nitrogens is 2. The van der Waals surface area contributed by atoms with E-state index in [1.807, 2.05) is 19.4 Å². The summed E-state index contributed by atoms with van der Waals surface area (Å²) in [5.74, 6) is 1.09. The molecule has 1 fully saturated rings. The Bertz CT molecular complexity index is 318. The van der Waals surface area contributed by atoms with E-state index in [4.69, 9.17) is 4.74 Å². The van der Waals surface area contributed by atoms with E-state index in [-0.39, 0.29) is 0 Å². The van der Waals surface area contributed by atoms with E-state index < -0.39 is 0 Å². The highest BCUT2D eigenvalue weighted by molar-refractivity contribution is 4.96. The van der Waals surface area contributed by atoms with E-state index >= 15 is 0 Å². The minimum Gasteiger partial charge on any atom is -0.378 e. The first-order valence-electron chi connectivity index (χ1n) is 6.09. The molecule has 0 spiro atoms. The zero-order valence-corrected chi connectivity index (χ0v) is 10.1. The molecule has 2 heterocycles. The fourth-order valence-corrected chi connectivity index (χ4v) is 2.22. The summed E-state index contributed by atoms with van der Waals surface area (Å²) in [4.78, 5) is 4.34. The van der Waals surface area contributed by atoms with Crippen LogP contribution in [0.3, 0.4) is 0 Å². The van der Waals surface area contributed by atoms with Gasteiger partial charge in [-0.2, -0.15) is 0 Å². The number of imidazole rings is 1. The molecule has 1 aliphatic rings. The van der Waals surface area contributed by atoms with Crippen molar-refractivity contribution in [2.75, 3.05) is 13.2 Å². The molecule has 0 aliphatic carbocycles. The smallest absolute Gasteiger partial charge is 0.125 e. The number of hydrogen-bond acceptors (Lipinski definition) is 3. The van der Waals surface area contributed by atoms with Gasteiger partial charge in [0.25, 0.3) is 0 Å². The first kappa shape index (κ1) is 11.6. The average molecular weight is 223 g/mol. The van der Waals surface area contributed by atoms with Gasteiger partial charge < -0.3 is 14.6 Å². The fraction of sp³-hybridized carbons (Fsp3) is 0.750. The Hall–Kier alpha value is -0.870. The lowest BCUT2D eigenvalue weighted by Crippen LogP contribution is -2.25. The Morgan fingerprint density at radius 2 is 2.56 bits per heavy atom. The van der Waals surface area contributed by atoms with Crippen molar-refractivity contribution in [3.63, 3.8) is 0 Å². The third-order valence-corrected chi connectivity index (χ3v) is 3.19. The number of hydrogen-bond donors (Lipinski definition) is 1. The van der Waals surface area contributed by atoms with E-state index in [1.54, 1.807) is 0 Å². The minimum atomic E-state index is 0.307. The van der Waals surface area contributed by atoms with E-state index in [2.05, 4.69) is 21.8 Å². The van der Waals surface area contributed by atoms with Crippen LogP contribution in [0.2, 0.25) is 0 Å². The molecule has 0 amide bonds. The van der Waals surface area contributed by atoms with Crippen LogP contribution in [0.15, 0.2) is 12.4 Å². The standard InChI is InChI=1S/C12H21N3O/c1-10(12-14-7-8-15(12)2)13-6-5-11-4-3-9-16-11/h7-8,10-11,13H,3-6,9H2,1-2H3. The third kappa shape index (κ3) is 2.83. The summed E-state index contributed by atoms with van der Waals surface area (Å²) in [6.45, 7) is 4.09. The Balaban J connectivity index is 1.71. The topological polar surface area (TPSA) is 39.1 Å². The summed E-state index contributed by atoms with van der Waals surface area (Å²) in [6.07, 6.45) is 7.84. The van der Waals surface area contributed by atoms with Gasteiger partial charge >= 0.3 is 0 Å². The summed E-state index contributed by atoms with van der Waals surface area (Å²) in [7, 11) is 2.03. The molecule has 0 bridgehead atoms. The van der Waals surface area contributed by atoms with Gasteiger partial charge in [0, 0.05) is 26.0 Å². The number of rotatable bonds is 5. The Kier molecular flexibility index (Phi) is 3.96. The number of nitrogens with one attached hydrogen (secondary N) is 1. The normalized spacial score (nSPS) is 22.5. The van der Waals surface area contributed by atoms with Gasteiger partial charge in [-0.1, -0.05) is 0 Å². The lowest BCUT2D eigenvalue weighted by Gasteiger charge is -2.15. The quantitative estimate of drug-likeness (QED) is 0.825. The van der Waals surface area contributed by atoms with Crippen LogP contribution < -0.4 is 5.32 Å². The molecule has 90 valence electrons. The van der Waals surface area contributed by atoms with Gasteiger partial charge in [0.2, 0.25) is 0 Å². The molecule has 1 saturated heterocycles. The molecule has 2 rings (SSSR count). The van der Waals surface area contributed by atoms with Crippen molar-refractivity contribution >= 4 is 0 Å². The maximum absolute atomic E-state index is 5.59. The summed E-state index contributed by atoms with van der Waals surface area (Å²) >= 11 is 0. The molecule has 0 saturated carbocycles. The fourth-order valence-electron chi connectivity index (χ4n) is 2.22. The molecule has 2 unspecified atom stereocenters. The number of nitrogens with zero attached hydrogens (tertiary/aromatic N) is 2. The van der Waals surface area contributed by atoms with Gasteiger partial charge in [-0.15, -0.1) is 0 Å². The summed E-state index contributed by atoms with van der Waals surface area (Å²) in [6, 6.07) is 0.307. The maximum Gasteiger partial charge on any atom is 0.125 e. The molecule has 0 radical (unpaired) electrons. The maximum atomic E-state index is 5.59. The lowest BCUT2D eigenvalue weighted by atomic mass is 10.2. The van der Waals surface area contributed by atoms with Crippen LogP contribution in [-0.2, 0) is 11.8 Å². The van der Waals surface area contributed by atoms with E-state index in [1.165, 1.54) is 12.8 Å². The summed E-state index contributed by atoms with van der Waals surface area (Å²) < 4.78 is 7.65. The molecule has 1 aliphatic heterocycles. The minimum absolute atomic E-state index is 0.307. The zero-order chi connectivity index (χ0) is 11.4. The largest absolute Gasteiger partial charge is 0.378 e. The third-order valence-electron chi connectivity index (χ3n) is 3.19. The summed E-state index contributed by atoms with van der Waals surface area (Å²) in [5, 5.41) is 3.49. The van der Waals surface area contributed by atoms with Gasteiger partial charge in [-0.05, 0) is 32.7 Å². The molecule has 2 atom stereocenters. The lowest BCUT2D eigenvalue weighted by molar-refractivity contribution is 0.103. The van der Waals surface area contributed by atoms with Crippen molar-refractivity contribution in [1.29, 1.82) is 0 Å². The van der Waals surface area contributed by atoms with Crippen LogP contribution in [0.25, 0.3) is 0 Å².